The molecule has 2 aromatic carbocycles. The molecule has 6 nitrogen and oxygen atoms in total. The van der Waals surface area contributed by atoms with Crippen LogP contribution in [0.25, 0.3) is 0 Å². The average molecular weight is 390 g/mol. The van der Waals surface area contributed by atoms with Gasteiger partial charge in [-0.15, -0.1) is 0 Å². The van der Waals surface area contributed by atoms with Crippen LogP contribution in [0.2, 0.25) is 0 Å². The molecule has 29 heavy (non-hydrogen) atoms. The third kappa shape index (κ3) is 4.66. The Balaban J connectivity index is 1.43. The first-order chi connectivity index (χ1) is 14.2. The van der Waals surface area contributed by atoms with Gasteiger partial charge in [0.2, 0.25) is 5.95 Å². The zero-order chi connectivity index (χ0) is 20.1. The Morgan fingerprint density at radius 3 is 2.90 bits per heavy atom. The van der Waals surface area contributed by atoms with E-state index in [-0.39, 0.29) is 0 Å². The molecule has 6 heteroatoms. The van der Waals surface area contributed by atoms with Crippen LogP contribution in [-0.4, -0.2) is 35.1 Å². The largest absolute Gasteiger partial charge is 0.495 e. The Bertz CT molecular complexity index is 977. The van der Waals surface area contributed by atoms with Crippen LogP contribution in [0.3, 0.4) is 0 Å². The molecule has 150 valence electrons. The second kappa shape index (κ2) is 8.92. The first-order valence-corrected chi connectivity index (χ1v) is 9.94. The third-order valence-electron chi connectivity index (χ3n) is 4.98. The molecule has 0 radical (unpaired) electrons. The van der Waals surface area contributed by atoms with Crippen LogP contribution in [0.4, 0.5) is 11.6 Å². The molecule has 1 aromatic heterocycles. The van der Waals surface area contributed by atoms with Gasteiger partial charge < -0.3 is 14.8 Å². The van der Waals surface area contributed by atoms with Crippen molar-refractivity contribution in [1.82, 2.24) is 14.9 Å². The normalized spacial score (nSPS) is 13.6. The van der Waals surface area contributed by atoms with E-state index in [1.807, 2.05) is 43.5 Å². The first kappa shape index (κ1) is 19.2. The van der Waals surface area contributed by atoms with E-state index in [4.69, 9.17) is 14.5 Å². The summed E-state index contributed by atoms with van der Waals surface area (Å²) in [5.41, 5.74) is 4.41. The molecule has 0 saturated carbocycles. The van der Waals surface area contributed by atoms with Gasteiger partial charge in [0.05, 0.1) is 25.1 Å². The third-order valence-corrected chi connectivity index (χ3v) is 4.98. The van der Waals surface area contributed by atoms with E-state index in [1.165, 1.54) is 11.1 Å². The lowest BCUT2D eigenvalue weighted by molar-refractivity contribution is 0.242. The topological polar surface area (TPSA) is 59.5 Å². The quantitative estimate of drug-likeness (QED) is 0.653. The van der Waals surface area contributed by atoms with Crippen LogP contribution < -0.4 is 14.8 Å². The minimum Gasteiger partial charge on any atom is -0.495 e. The molecule has 1 aliphatic rings. The summed E-state index contributed by atoms with van der Waals surface area (Å²) in [7, 11) is 1.66. The minimum absolute atomic E-state index is 0.603. The standard InChI is InChI=1S/C23H26N4O2/c1-3-29-19-8-6-7-17(13-19)15-27-12-11-20-18(16-27)14-24-23(25-20)26-21-9-4-5-10-22(21)28-2/h4-10,13-14H,3,11-12,15-16H2,1-2H3,(H,24,25,26). The smallest absolute Gasteiger partial charge is 0.227 e. The highest BCUT2D eigenvalue weighted by Crippen LogP contribution is 2.27. The Kier molecular flexibility index (Phi) is 5.91. The van der Waals surface area contributed by atoms with E-state index < -0.39 is 0 Å². The zero-order valence-corrected chi connectivity index (χ0v) is 16.9. The van der Waals surface area contributed by atoms with Gasteiger partial charge in [-0.3, -0.25) is 4.90 Å². The number of rotatable bonds is 7. The van der Waals surface area contributed by atoms with Gasteiger partial charge in [-0.1, -0.05) is 24.3 Å². The van der Waals surface area contributed by atoms with Gasteiger partial charge in [0, 0.05) is 37.8 Å². The molecule has 4 rings (SSSR count). The van der Waals surface area contributed by atoms with Crippen molar-refractivity contribution in [3.8, 4) is 11.5 Å². The number of hydrogen-bond donors (Lipinski definition) is 1. The molecule has 1 aliphatic heterocycles. The van der Waals surface area contributed by atoms with Gasteiger partial charge in [-0.05, 0) is 36.8 Å². The average Bonchev–Trinajstić information content (AvgIpc) is 2.75. The lowest BCUT2D eigenvalue weighted by atomic mass is 10.1. The minimum atomic E-state index is 0.603. The predicted octanol–water partition coefficient (Wildman–Crippen LogP) is 4.19. The molecule has 0 atom stereocenters. The number of ether oxygens (including phenoxy) is 2. The van der Waals surface area contributed by atoms with Gasteiger partial charge in [0.15, 0.2) is 0 Å². The Labute approximate surface area is 171 Å². The molecule has 0 saturated heterocycles. The number of nitrogens with one attached hydrogen (secondary N) is 1. The molecule has 2 heterocycles. The van der Waals surface area contributed by atoms with Crippen molar-refractivity contribution in [2.24, 2.45) is 0 Å². The summed E-state index contributed by atoms with van der Waals surface area (Å²) in [5.74, 6) is 2.30. The van der Waals surface area contributed by atoms with Gasteiger partial charge in [0.25, 0.3) is 0 Å². The second-order valence-electron chi connectivity index (χ2n) is 7.03. The number of nitrogens with zero attached hydrogens (tertiary/aromatic N) is 3. The SMILES string of the molecule is CCOc1cccc(CN2CCc3nc(Nc4ccccc4OC)ncc3C2)c1. The van der Waals surface area contributed by atoms with Gasteiger partial charge in [-0.25, -0.2) is 9.97 Å². The summed E-state index contributed by atoms with van der Waals surface area (Å²) in [6, 6.07) is 16.1. The molecule has 0 unspecified atom stereocenters. The number of hydrogen-bond acceptors (Lipinski definition) is 6. The van der Waals surface area contributed by atoms with Crippen molar-refractivity contribution in [2.45, 2.75) is 26.4 Å². The maximum absolute atomic E-state index is 5.62. The predicted molar refractivity (Wildman–Crippen MR) is 114 cm³/mol. The number of fused-ring (bicyclic) bond motifs is 1. The lowest BCUT2D eigenvalue weighted by Gasteiger charge is -2.28. The van der Waals surface area contributed by atoms with Gasteiger partial charge in [0.1, 0.15) is 11.5 Å². The Hall–Kier alpha value is -3.12. The van der Waals surface area contributed by atoms with Crippen LogP contribution in [0.5, 0.6) is 11.5 Å². The van der Waals surface area contributed by atoms with Crippen LogP contribution in [0.1, 0.15) is 23.7 Å². The maximum Gasteiger partial charge on any atom is 0.227 e. The molecular weight excluding hydrogens is 364 g/mol. The molecule has 0 spiro atoms. The molecule has 3 aromatic rings. The molecular formula is C23H26N4O2. The number of para-hydroxylation sites is 2. The highest BCUT2D eigenvalue weighted by molar-refractivity contribution is 5.62. The summed E-state index contributed by atoms with van der Waals surface area (Å²) in [5, 5.41) is 3.27. The number of aromatic nitrogens is 2. The van der Waals surface area contributed by atoms with E-state index in [2.05, 4.69) is 33.4 Å². The molecule has 0 bridgehead atoms. The Morgan fingerprint density at radius 1 is 1.14 bits per heavy atom. The van der Waals surface area contributed by atoms with E-state index in [1.54, 1.807) is 7.11 Å². The summed E-state index contributed by atoms with van der Waals surface area (Å²) < 4.78 is 11.0. The van der Waals surface area contributed by atoms with Crippen LogP contribution in [0, 0.1) is 0 Å². The van der Waals surface area contributed by atoms with Crippen molar-refractivity contribution in [2.75, 3.05) is 25.6 Å². The highest BCUT2D eigenvalue weighted by Gasteiger charge is 2.19. The fraction of sp³-hybridized carbons (Fsp3) is 0.304. The number of methoxy groups -OCH3 is 1. The van der Waals surface area contributed by atoms with Crippen molar-refractivity contribution in [3.63, 3.8) is 0 Å². The van der Waals surface area contributed by atoms with Gasteiger partial charge in [-0.2, -0.15) is 0 Å². The molecule has 0 fully saturated rings. The number of benzene rings is 2. The molecule has 1 N–H and O–H groups in total. The monoisotopic (exact) mass is 390 g/mol. The fourth-order valence-electron chi connectivity index (χ4n) is 3.60. The van der Waals surface area contributed by atoms with Crippen molar-refractivity contribution < 1.29 is 9.47 Å². The number of anilines is 2. The molecule has 0 aliphatic carbocycles. The van der Waals surface area contributed by atoms with Crippen molar-refractivity contribution in [1.29, 1.82) is 0 Å². The van der Waals surface area contributed by atoms with Crippen LogP contribution in [-0.2, 0) is 19.5 Å². The van der Waals surface area contributed by atoms with E-state index in [0.29, 0.717) is 12.6 Å². The van der Waals surface area contributed by atoms with E-state index in [9.17, 15) is 0 Å². The van der Waals surface area contributed by atoms with Crippen LogP contribution >= 0.6 is 0 Å². The zero-order valence-electron chi connectivity index (χ0n) is 16.9. The first-order valence-electron chi connectivity index (χ1n) is 9.94. The van der Waals surface area contributed by atoms with Crippen LogP contribution in [0.15, 0.2) is 54.7 Å². The fourth-order valence-corrected chi connectivity index (χ4v) is 3.60. The summed E-state index contributed by atoms with van der Waals surface area (Å²) in [6.45, 7) is 5.40. The summed E-state index contributed by atoms with van der Waals surface area (Å²) in [4.78, 5) is 11.7. The Morgan fingerprint density at radius 2 is 2.03 bits per heavy atom. The second-order valence-corrected chi connectivity index (χ2v) is 7.03. The molecule has 0 amide bonds. The van der Waals surface area contributed by atoms with Crippen molar-refractivity contribution in [3.05, 3.63) is 71.5 Å². The lowest BCUT2D eigenvalue weighted by Crippen LogP contribution is -2.31. The van der Waals surface area contributed by atoms with E-state index in [0.717, 1.165) is 48.9 Å². The van der Waals surface area contributed by atoms with Gasteiger partial charge >= 0.3 is 0 Å². The summed E-state index contributed by atoms with van der Waals surface area (Å²) in [6.07, 6.45) is 2.84. The maximum atomic E-state index is 5.62. The highest BCUT2D eigenvalue weighted by atomic mass is 16.5. The van der Waals surface area contributed by atoms with E-state index >= 15 is 0 Å². The summed E-state index contributed by atoms with van der Waals surface area (Å²) >= 11 is 0. The van der Waals surface area contributed by atoms with Crippen molar-refractivity contribution >= 4 is 11.6 Å².